The first kappa shape index (κ1) is 29.3. The molecule has 0 aromatic heterocycles. The molecule has 0 radical (unpaired) electrons. The first-order valence-electron chi connectivity index (χ1n) is 13.1. The Labute approximate surface area is 226 Å². The molecular weight excluding hydrogens is 506 g/mol. The molecule has 0 spiro atoms. The number of carbonyl (C=O) groups is 2. The molecule has 0 fully saturated rings. The Morgan fingerprint density at radius 3 is 2.45 bits per heavy atom. The number of hydrogen-bond donors (Lipinski definition) is 1. The number of benzene rings is 2. The molecular formula is C28H39N3O6S. The minimum atomic E-state index is -3.61. The second kappa shape index (κ2) is 13.0. The zero-order valence-corrected chi connectivity index (χ0v) is 23.7. The van der Waals surface area contributed by atoms with Crippen molar-refractivity contribution in [1.29, 1.82) is 0 Å². The van der Waals surface area contributed by atoms with Gasteiger partial charge < -0.3 is 19.7 Å². The van der Waals surface area contributed by atoms with Crippen LogP contribution in [0.2, 0.25) is 0 Å². The van der Waals surface area contributed by atoms with Gasteiger partial charge in [0.2, 0.25) is 28.6 Å². The maximum Gasteiger partial charge on any atom is 0.243 e. The highest BCUT2D eigenvalue weighted by molar-refractivity contribution is 7.92. The van der Waals surface area contributed by atoms with Crippen molar-refractivity contribution in [2.24, 2.45) is 0 Å². The summed E-state index contributed by atoms with van der Waals surface area (Å²) in [4.78, 5) is 28.3. The summed E-state index contributed by atoms with van der Waals surface area (Å²) in [6.45, 7) is 8.30. The Bertz CT molecular complexity index is 1230. The van der Waals surface area contributed by atoms with Crippen molar-refractivity contribution in [2.75, 3.05) is 23.9 Å². The lowest BCUT2D eigenvalue weighted by molar-refractivity contribution is -0.141. The van der Waals surface area contributed by atoms with E-state index in [-0.39, 0.29) is 44.0 Å². The van der Waals surface area contributed by atoms with Crippen LogP contribution in [0.5, 0.6) is 11.5 Å². The zero-order valence-electron chi connectivity index (χ0n) is 22.9. The summed E-state index contributed by atoms with van der Waals surface area (Å²) in [6, 6.07) is 12.2. The molecule has 2 aromatic rings. The van der Waals surface area contributed by atoms with Gasteiger partial charge in [-0.05, 0) is 50.8 Å². The predicted octanol–water partition coefficient (Wildman–Crippen LogP) is 3.99. The molecule has 1 aliphatic rings. The number of rotatable bonds is 13. The molecule has 0 aliphatic carbocycles. The molecule has 0 saturated heterocycles. The number of fused-ring (bicyclic) bond motifs is 1. The van der Waals surface area contributed by atoms with Crippen LogP contribution in [0.1, 0.15) is 57.6 Å². The van der Waals surface area contributed by atoms with E-state index >= 15 is 0 Å². The maximum atomic E-state index is 13.6. The molecule has 2 unspecified atom stereocenters. The van der Waals surface area contributed by atoms with Gasteiger partial charge in [-0.3, -0.25) is 13.9 Å². The van der Waals surface area contributed by atoms with Gasteiger partial charge in [0.05, 0.1) is 11.9 Å². The number of amides is 2. The summed E-state index contributed by atoms with van der Waals surface area (Å²) in [5.41, 5.74) is 2.45. The van der Waals surface area contributed by atoms with E-state index < -0.39 is 16.1 Å². The Hall–Kier alpha value is -3.27. The normalized spacial score (nSPS) is 14.0. The number of nitrogens with one attached hydrogen (secondary N) is 1. The van der Waals surface area contributed by atoms with Gasteiger partial charge >= 0.3 is 0 Å². The molecule has 1 aliphatic heterocycles. The predicted molar refractivity (Wildman–Crippen MR) is 148 cm³/mol. The number of ether oxygens (including phenoxy) is 2. The molecule has 1 N–H and O–H groups in total. The van der Waals surface area contributed by atoms with Crippen LogP contribution >= 0.6 is 0 Å². The van der Waals surface area contributed by atoms with Gasteiger partial charge in [-0.1, -0.05) is 43.7 Å². The van der Waals surface area contributed by atoms with Crippen LogP contribution in [0.25, 0.3) is 0 Å². The van der Waals surface area contributed by atoms with E-state index in [1.807, 2.05) is 52.0 Å². The van der Waals surface area contributed by atoms with Crippen molar-refractivity contribution in [2.45, 2.75) is 72.0 Å². The molecule has 208 valence electrons. The second-order valence-electron chi connectivity index (χ2n) is 9.73. The number of aryl methyl sites for hydroxylation is 1. The van der Waals surface area contributed by atoms with Crippen LogP contribution in [0.3, 0.4) is 0 Å². The molecule has 1 heterocycles. The highest BCUT2D eigenvalue weighted by Crippen LogP contribution is 2.36. The first-order chi connectivity index (χ1) is 18.0. The van der Waals surface area contributed by atoms with E-state index in [9.17, 15) is 18.0 Å². The van der Waals surface area contributed by atoms with Crippen molar-refractivity contribution in [3.8, 4) is 11.5 Å². The fraction of sp³-hybridized carbons (Fsp3) is 0.500. The average molecular weight is 546 g/mol. The lowest BCUT2D eigenvalue weighted by Crippen LogP contribution is -2.50. The molecule has 0 bridgehead atoms. The minimum Gasteiger partial charge on any atom is -0.454 e. The van der Waals surface area contributed by atoms with Crippen LogP contribution < -0.4 is 19.1 Å². The standard InChI is InChI=1S/C28H39N3O6S/c1-6-21(4)29-28(33)24(7-2)30(18-22-11-8-10-20(3)16-22)27(32)12-9-15-31(38(5,34)35)23-13-14-25-26(17-23)37-19-36-25/h8,10-11,13-14,16-17,21,24H,6-7,9,12,15,18-19H2,1-5H3,(H,29,33). The van der Waals surface area contributed by atoms with Gasteiger partial charge in [0.25, 0.3) is 0 Å². The van der Waals surface area contributed by atoms with Crippen LogP contribution in [0, 0.1) is 6.92 Å². The Balaban J connectivity index is 1.77. The quantitative estimate of drug-likeness (QED) is 0.408. The summed E-state index contributed by atoms with van der Waals surface area (Å²) < 4.78 is 37.2. The van der Waals surface area contributed by atoms with Crippen LogP contribution in [0.4, 0.5) is 5.69 Å². The molecule has 9 nitrogen and oxygen atoms in total. The topological polar surface area (TPSA) is 105 Å². The monoisotopic (exact) mass is 545 g/mol. The summed E-state index contributed by atoms with van der Waals surface area (Å²) in [5, 5.41) is 3.01. The fourth-order valence-electron chi connectivity index (χ4n) is 4.41. The Morgan fingerprint density at radius 2 is 1.79 bits per heavy atom. The third-order valence-electron chi connectivity index (χ3n) is 6.62. The van der Waals surface area contributed by atoms with E-state index in [1.165, 1.54) is 4.31 Å². The van der Waals surface area contributed by atoms with E-state index in [1.54, 1.807) is 23.1 Å². The number of hydrogen-bond acceptors (Lipinski definition) is 6. The SMILES string of the molecule is CCC(C)NC(=O)C(CC)N(Cc1cccc(C)c1)C(=O)CCCN(c1ccc2c(c1)OCO2)S(C)(=O)=O. The van der Waals surface area contributed by atoms with Crippen LogP contribution in [-0.4, -0.2) is 56.8 Å². The molecule has 2 aromatic carbocycles. The minimum absolute atomic E-state index is 0.00232. The van der Waals surface area contributed by atoms with E-state index in [4.69, 9.17) is 9.47 Å². The molecule has 2 amide bonds. The van der Waals surface area contributed by atoms with Gasteiger partial charge in [0.1, 0.15) is 6.04 Å². The van der Waals surface area contributed by atoms with Crippen molar-refractivity contribution < 1.29 is 27.5 Å². The number of anilines is 1. The fourth-order valence-corrected chi connectivity index (χ4v) is 5.37. The van der Waals surface area contributed by atoms with Crippen LogP contribution in [-0.2, 0) is 26.2 Å². The van der Waals surface area contributed by atoms with Gasteiger partial charge in [0.15, 0.2) is 11.5 Å². The summed E-state index contributed by atoms with van der Waals surface area (Å²) in [6.07, 6.45) is 2.76. The lowest BCUT2D eigenvalue weighted by atomic mass is 10.1. The van der Waals surface area contributed by atoms with Crippen molar-refractivity contribution in [3.63, 3.8) is 0 Å². The lowest BCUT2D eigenvalue weighted by Gasteiger charge is -2.32. The summed E-state index contributed by atoms with van der Waals surface area (Å²) in [7, 11) is -3.61. The Kier molecular flexibility index (Phi) is 10.0. The van der Waals surface area contributed by atoms with Gasteiger partial charge in [-0.25, -0.2) is 8.42 Å². The number of sulfonamides is 1. The highest BCUT2D eigenvalue weighted by Gasteiger charge is 2.29. The third kappa shape index (κ3) is 7.63. The smallest absolute Gasteiger partial charge is 0.243 e. The first-order valence-corrected chi connectivity index (χ1v) is 14.9. The number of carbonyl (C=O) groups excluding carboxylic acids is 2. The molecule has 3 rings (SSSR count). The van der Waals surface area contributed by atoms with Crippen molar-refractivity contribution >= 4 is 27.5 Å². The number of nitrogens with zero attached hydrogens (tertiary/aromatic N) is 2. The summed E-state index contributed by atoms with van der Waals surface area (Å²) >= 11 is 0. The van der Waals surface area contributed by atoms with Gasteiger partial charge in [-0.2, -0.15) is 0 Å². The molecule has 38 heavy (non-hydrogen) atoms. The Morgan fingerprint density at radius 1 is 1.05 bits per heavy atom. The van der Waals surface area contributed by atoms with E-state index in [0.29, 0.717) is 30.2 Å². The van der Waals surface area contributed by atoms with E-state index in [0.717, 1.165) is 23.8 Å². The zero-order chi connectivity index (χ0) is 27.9. The second-order valence-corrected chi connectivity index (χ2v) is 11.6. The molecule has 10 heteroatoms. The largest absolute Gasteiger partial charge is 0.454 e. The molecule has 2 atom stereocenters. The van der Waals surface area contributed by atoms with Crippen LogP contribution in [0.15, 0.2) is 42.5 Å². The van der Waals surface area contributed by atoms with Crippen molar-refractivity contribution in [1.82, 2.24) is 10.2 Å². The average Bonchev–Trinajstić information content (AvgIpc) is 3.33. The molecule has 0 saturated carbocycles. The van der Waals surface area contributed by atoms with E-state index in [2.05, 4.69) is 5.32 Å². The summed E-state index contributed by atoms with van der Waals surface area (Å²) in [5.74, 6) is 0.665. The highest BCUT2D eigenvalue weighted by atomic mass is 32.2. The van der Waals surface area contributed by atoms with Gasteiger partial charge in [0, 0.05) is 31.6 Å². The van der Waals surface area contributed by atoms with Crippen molar-refractivity contribution in [3.05, 3.63) is 53.6 Å². The maximum absolute atomic E-state index is 13.6. The third-order valence-corrected chi connectivity index (χ3v) is 7.81. The van der Waals surface area contributed by atoms with Gasteiger partial charge in [-0.15, -0.1) is 0 Å².